The van der Waals surface area contributed by atoms with Gasteiger partial charge in [-0.05, 0) is 23.7 Å². The van der Waals surface area contributed by atoms with Crippen molar-refractivity contribution in [2.75, 3.05) is 0 Å². The average molecular weight is 323 g/mol. The number of fused-ring (bicyclic) bond motifs is 1. The topological polar surface area (TPSA) is 79.4 Å². The summed E-state index contributed by atoms with van der Waals surface area (Å²) in [6.45, 7) is 3.85. The van der Waals surface area contributed by atoms with Gasteiger partial charge in [-0.15, -0.1) is 5.10 Å². The van der Waals surface area contributed by atoms with Gasteiger partial charge in [0, 0.05) is 29.7 Å². The molecule has 0 amide bonds. The molecule has 0 saturated heterocycles. The lowest BCUT2D eigenvalue weighted by molar-refractivity contribution is 0.968. The largest absolute Gasteiger partial charge is 0.350 e. The molecule has 0 atom stereocenters. The summed E-state index contributed by atoms with van der Waals surface area (Å²) in [5, 5.41) is 12.3. The zero-order chi connectivity index (χ0) is 16.0. The number of nitrogens with zero attached hydrogens (tertiary/aromatic N) is 3. The molecule has 0 aliphatic rings. The quantitative estimate of drug-likeness (QED) is 0.537. The van der Waals surface area contributed by atoms with Gasteiger partial charge in [-0.2, -0.15) is 0 Å². The van der Waals surface area contributed by atoms with Crippen molar-refractivity contribution in [3.8, 4) is 0 Å². The highest BCUT2D eigenvalue weighted by atomic mass is 32.1. The second-order valence-corrected chi connectivity index (χ2v) is 6.03. The standard InChI is InChI=1S/C16H13N5OS/c1-9-15(23-20-17-9)14-12(16(22)19-18-14)7-10-8-21(2)13-6-4-3-5-11(10)13/h3-8,18H,1H2,2H3,(H,19,22)/b12-7-,15-14-. The predicted octanol–water partition coefficient (Wildman–Crippen LogP) is 0.572. The minimum Gasteiger partial charge on any atom is -0.350 e. The minimum atomic E-state index is -0.180. The molecule has 0 unspecified atom stereocenters. The fourth-order valence-electron chi connectivity index (χ4n) is 2.73. The molecule has 0 radical (unpaired) electrons. The van der Waals surface area contributed by atoms with Crippen molar-refractivity contribution in [3.63, 3.8) is 0 Å². The fourth-order valence-corrected chi connectivity index (χ4v) is 3.35. The van der Waals surface area contributed by atoms with Gasteiger partial charge in [-0.1, -0.05) is 29.3 Å². The number of hydrogen-bond donors (Lipinski definition) is 2. The Labute approximate surface area is 133 Å². The minimum absolute atomic E-state index is 0.180. The van der Waals surface area contributed by atoms with E-state index in [0.29, 0.717) is 15.9 Å². The van der Waals surface area contributed by atoms with Crippen molar-refractivity contribution >= 4 is 35.1 Å². The Morgan fingerprint density at radius 1 is 1.30 bits per heavy atom. The van der Waals surface area contributed by atoms with Gasteiger partial charge >= 0.3 is 0 Å². The molecule has 0 aliphatic carbocycles. The number of aryl methyl sites for hydroxylation is 1. The van der Waals surface area contributed by atoms with Crippen molar-refractivity contribution in [2.24, 2.45) is 7.05 Å². The number of benzene rings is 1. The first kappa shape index (κ1) is 13.7. The van der Waals surface area contributed by atoms with Crippen LogP contribution in [0.1, 0.15) is 5.56 Å². The van der Waals surface area contributed by atoms with E-state index >= 15 is 0 Å². The molecule has 0 aliphatic heterocycles. The molecule has 0 saturated carbocycles. The molecule has 0 fully saturated rings. The van der Waals surface area contributed by atoms with Crippen LogP contribution in [-0.2, 0) is 7.05 Å². The van der Waals surface area contributed by atoms with E-state index in [1.54, 1.807) is 0 Å². The first-order valence-corrected chi connectivity index (χ1v) is 7.76. The molecule has 3 heterocycles. The first-order valence-electron chi connectivity index (χ1n) is 6.99. The highest BCUT2D eigenvalue weighted by molar-refractivity contribution is 7.03. The smallest absolute Gasteiger partial charge is 0.271 e. The van der Waals surface area contributed by atoms with E-state index in [1.807, 2.05) is 42.1 Å². The molecule has 0 spiro atoms. The third-order valence-electron chi connectivity index (χ3n) is 3.83. The third-order valence-corrected chi connectivity index (χ3v) is 4.61. The van der Waals surface area contributed by atoms with Crippen LogP contribution in [0.25, 0.3) is 23.6 Å². The normalized spacial score (nSPS) is 13.9. The van der Waals surface area contributed by atoms with E-state index in [4.69, 9.17) is 0 Å². The third kappa shape index (κ3) is 2.13. The van der Waals surface area contributed by atoms with Crippen LogP contribution in [0.5, 0.6) is 0 Å². The van der Waals surface area contributed by atoms with E-state index < -0.39 is 0 Å². The maximum absolute atomic E-state index is 12.2. The molecule has 4 aromatic rings. The van der Waals surface area contributed by atoms with Gasteiger partial charge in [0.05, 0.1) is 10.6 Å². The van der Waals surface area contributed by atoms with Crippen LogP contribution in [0.15, 0.2) is 35.3 Å². The van der Waals surface area contributed by atoms with Gasteiger partial charge in [-0.25, -0.2) is 0 Å². The Morgan fingerprint density at radius 3 is 2.91 bits per heavy atom. The predicted molar refractivity (Wildman–Crippen MR) is 90.3 cm³/mol. The SMILES string of the molecule is C=c1nns/c1=c1\[nH][nH]c(=O)\c1=C/c1cn(C)c2ccccc12. The zero-order valence-corrected chi connectivity index (χ0v) is 13.1. The molecule has 4 rings (SSSR count). The maximum atomic E-state index is 12.2. The van der Waals surface area contributed by atoms with Crippen LogP contribution in [0.4, 0.5) is 0 Å². The highest BCUT2D eigenvalue weighted by Crippen LogP contribution is 2.20. The molecule has 23 heavy (non-hydrogen) atoms. The summed E-state index contributed by atoms with van der Waals surface area (Å²) in [6, 6.07) is 8.08. The summed E-state index contributed by atoms with van der Waals surface area (Å²) in [6.07, 6.45) is 3.89. The summed E-state index contributed by atoms with van der Waals surface area (Å²) in [5.41, 5.74) is 1.92. The van der Waals surface area contributed by atoms with Crippen molar-refractivity contribution < 1.29 is 0 Å². The molecule has 2 N–H and O–H groups in total. The highest BCUT2D eigenvalue weighted by Gasteiger charge is 2.05. The summed E-state index contributed by atoms with van der Waals surface area (Å²) < 4.78 is 6.69. The Kier molecular flexibility index (Phi) is 3.02. The summed E-state index contributed by atoms with van der Waals surface area (Å²) in [5.74, 6) is 0. The molecule has 6 nitrogen and oxygen atoms in total. The average Bonchev–Trinajstić information content (AvgIpc) is 3.21. The van der Waals surface area contributed by atoms with E-state index in [1.165, 1.54) is 11.5 Å². The van der Waals surface area contributed by atoms with Gasteiger partial charge in [0.15, 0.2) is 0 Å². The van der Waals surface area contributed by atoms with Gasteiger partial charge in [0.2, 0.25) is 0 Å². The lowest BCUT2D eigenvalue weighted by atomic mass is 10.1. The number of aromatic nitrogens is 5. The van der Waals surface area contributed by atoms with Gasteiger partial charge in [0.25, 0.3) is 5.56 Å². The van der Waals surface area contributed by atoms with E-state index in [9.17, 15) is 4.79 Å². The Morgan fingerprint density at radius 2 is 2.13 bits per heavy atom. The molecular weight excluding hydrogens is 310 g/mol. The van der Waals surface area contributed by atoms with Crippen LogP contribution in [0.3, 0.4) is 0 Å². The number of H-pyrrole nitrogens is 2. The fraction of sp³-hybridized carbons (Fsp3) is 0.0625. The lowest BCUT2D eigenvalue weighted by Crippen LogP contribution is -2.22. The van der Waals surface area contributed by atoms with Crippen LogP contribution in [0.2, 0.25) is 0 Å². The van der Waals surface area contributed by atoms with Crippen molar-refractivity contribution in [3.05, 3.63) is 66.8 Å². The first-order chi connectivity index (χ1) is 11.1. The molecule has 7 heteroatoms. The van der Waals surface area contributed by atoms with Crippen LogP contribution < -0.4 is 16.1 Å². The van der Waals surface area contributed by atoms with Gasteiger partial charge in [0.1, 0.15) is 9.88 Å². The molecule has 0 bridgehead atoms. The summed E-state index contributed by atoms with van der Waals surface area (Å²) >= 11 is 1.21. The zero-order valence-electron chi connectivity index (χ0n) is 12.3. The summed E-state index contributed by atoms with van der Waals surface area (Å²) in [7, 11) is 1.99. The maximum Gasteiger partial charge on any atom is 0.271 e. The second kappa shape index (κ2) is 5.06. The Hall–Kier alpha value is -2.93. The molecular formula is C16H13N5OS. The Balaban J connectivity index is 2.17. The molecule has 3 aromatic heterocycles. The molecule has 1 aromatic carbocycles. The number of aromatic amines is 2. The number of rotatable bonds is 1. The molecule has 114 valence electrons. The van der Waals surface area contributed by atoms with Crippen LogP contribution >= 0.6 is 11.5 Å². The monoisotopic (exact) mass is 323 g/mol. The van der Waals surface area contributed by atoms with Crippen molar-refractivity contribution in [2.45, 2.75) is 0 Å². The second-order valence-electron chi connectivity index (χ2n) is 5.27. The van der Waals surface area contributed by atoms with Crippen LogP contribution in [-0.4, -0.2) is 24.4 Å². The van der Waals surface area contributed by atoms with E-state index in [2.05, 4.69) is 32.4 Å². The van der Waals surface area contributed by atoms with Gasteiger partial charge in [-0.3, -0.25) is 15.0 Å². The Bertz CT molecular complexity index is 1270. The van der Waals surface area contributed by atoms with E-state index in [-0.39, 0.29) is 5.56 Å². The van der Waals surface area contributed by atoms with Crippen LogP contribution in [0, 0.1) is 9.88 Å². The summed E-state index contributed by atoms with van der Waals surface area (Å²) in [4.78, 5) is 12.2. The van der Waals surface area contributed by atoms with E-state index in [0.717, 1.165) is 21.0 Å². The number of nitrogens with one attached hydrogen (secondary N) is 2. The van der Waals surface area contributed by atoms with Crippen molar-refractivity contribution in [1.82, 2.24) is 24.4 Å². The van der Waals surface area contributed by atoms with Gasteiger partial charge < -0.3 is 4.57 Å². The lowest BCUT2D eigenvalue weighted by Gasteiger charge is -1.92. The number of para-hydroxylation sites is 1. The van der Waals surface area contributed by atoms with Crippen molar-refractivity contribution in [1.29, 1.82) is 0 Å². The number of hydrogen-bond acceptors (Lipinski definition) is 4.